The average Bonchev–Trinajstić information content (AvgIpc) is 3.08. The van der Waals surface area contributed by atoms with E-state index in [1.54, 1.807) is 14.2 Å². The molecule has 2 aliphatic heterocycles. The average molecular weight is 276 g/mol. The van der Waals surface area contributed by atoms with Crippen molar-refractivity contribution < 1.29 is 9.47 Å². The number of hydrogen-bond donors (Lipinski definition) is 1. The summed E-state index contributed by atoms with van der Waals surface area (Å²) in [5.41, 5.74) is 1.22. The number of hydrogen-bond acceptors (Lipinski definition) is 4. The van der Waals surface area contributed by atoms with Gasteiger partial charge in [-0.1, -0.05) is 0 Å². The maximum absolute atomic E-state index is 5.32. The molecule has 110 valence electrons. The van der Waals surface area contributed by atoms with E-state index in [9.17, 15) is 0 Å². The zero-order chi connectivity index (χ0) is 13.9. The van der Waals surface area contributed by atoms with Crippen molar-refractivity contribution in [2.24, 2.45) is 0 Å². The van der Waals surface area contributed by atoms with Gasteiger partial charge in [-0.2, -0.15) is 0 Å². The molecule has 2 unspecified atom stereocenters. The largest absolute Gasteiger partial charge is 0.497 e. The van der Waals surface area contributed by atoms with E-state index in [0.29, 0.717) is 6.04 Å². The molecule has 2 aliphatic rings. The van der Waals surface area contributed by atoms with E-state index in [1.165, 1.54) is 37.9 Å². The van der Waals surface area contributed by atoms with Crippen molar-refractivity contribution in [3.63, 3.8) is 0 Å². The summed E-state index contributed by atoms with van der Waals surface area (Å²) in [5, 5.41) is 3.72. The van der Waals surface area contributed by atoms with E-state index in [-0.39, 0.29) is 0 Å². The van der Waals surface area contributed by atoms with Crippen LogP contribution < -0.4 is 14.8 Å². The SMILES string of the molecule is COc1cc(CNC2CCN3CCCC23)cc(OC)c1. The highest BCUT2D eigenvalue weighted by Gasteiger charge is 2.36. The molecule has 1 aromatic carbocycles. The molecule has 0 aliphatic carbocycles. The van der Waals surface area contributed by atoms with Gasteiger partial charge in [0, 0.05) is 31.2 Å². The summed E-state index contributed by atoms with van der Waals surface area (Å²) in [6, 6.07) is 7.46. The normalized spacial score (nSPS) is 25.7. The first-order chi connectivity index (χ1) is 9.80. The summed E-state index contributed by atoms with van der Waals surface area (Å²) < 4.78 is 10.6. The second-order valence-electron chi connectivity index (χ2n) is 5.74. The van der Waals surface area contributed by atoms with Crippen molar-refractivity contribution in [3.05, 3.63) is 23.8 Å². The molecule has 1 aromatic rings. The lowest BCUT2D eigenvalue weighted by atomic mass is 10.1. The number of ether oxygens (including phenoxy) is 2. The molecule has 2 atom stereocenters. The van der Waals surface area contributed by atoms with E-state index >= 15 is 0 Å². The molecule has 2 saturated heterocycles. The van der Waals surface area contributed by atoms with Crippen molar-refractivity contribution in [2.75, 3.05) is 27.3 Å². The topological polar surface area (TPSA) is 33.7 Å². The number of methoxy groups -OCH3 is 2. The van der Waals surface area contributed by atoms with Gasteiger partial charge in [0.25, 0.3) is 0 Å². The molecular weight excluding hydrogens is 252 g/mol. The molecule has 4 heteroatoms. The molecule has 4 nitrogen and oxygen atoms in total. The molecule has 0 saturated carbocycles. The smallest absolute Gasteiger partial charge is 0.122 e. The lowest BCUT2D eigenvalue weighted by Crippen LogP contribution is -2.38. The molecule has 0 bridgehead atoms. The van der Waals surface area contributed by atoms with Crippen LogP contribution in [0.3, 0.4) is 0 Å². The lowest BCUT2D eigenvalue weighted by molar-refractivity contribution is 0.298. The number of nitrogens with zero attached hydrogens (tertiary/aromatic N) is 1. The Morgan fingerprint density at radius 1 is 1.10 bits per heavy atom. The van der Waals surface area contributed by atoms with Gasteiger partial charge < -0.3 is 14.8 Å². The van der Waals surface area contributed by atoms with Crippen LogP contribution in [0.5, 0.6) is 11.5 Å². The monoisotopic (exact) mass is 276 g/mol. The van der Waals surface area contributed by atoms with E-state index in [1.807, 2.05) is 6.07 Å². The Morgan fingerprint density at radius 3 is 2.55 bits per heavy atom. The fourth-order valence-electron chi connectivity index (χ4n) is 3.54. The number of benzene rings is 1. The molecule has 20 heavy (non-hydrogen) atoms. The van der Waals surface area contributed by atoms with Gasteiger partial charge in [-0.3, -0.25) is 4.90 Å². The van der Waals surface area contributed by atoms with Gasteiger partial charge in [0.15, 0.2) is 0 Å². The number of nitrogens with one attached hydrogen (secondary N) is 1. The highest BCUT2D eigenvalue weighted by molar-refractivity contribution is 5.38. The first-order valence-electron chi connectivity index (χ1n) is 7.49. The van der Waals surface area contributed by atoms with Gasteiger partial charge in [-0.05, 0) is 43.5 Å². The summed E-state index contributed by atoms with van der Waals surface area (Å²) in [6.45, 7) is 3.42. The highest BCUT2D eigenvalue weighted by Crippen LogP contribution is 2.28. The van der Waals surface area contributed by atoms with Gasteiger partial charge in [-0.15, -0.1) is 0 Å². The van der Waals surface area contributed by atoms with Crippen LogP contribution >= 0.6 is 0 Å². The van der Waals surface area contributed by atoms with E-state index in [0.717, 1.165) is 24.1 Å². The Bertz CT molecular complexity index is 442. The van der Waals surface area contributed by atoms with Crippen molar-refractivity contribution >= 4 is 0 Å². The van der Waals surface area contributed by atoms with Crippen molar-refractivity contribution in [1.29, 1.82) is 0 Å². The maximum atomic E-state index is 5.32. The molecule has 1 N–H and O–H groups in total. The van der Waals surface area contributed by atoms with Gasteiger partial charge in [0.2, 0.25) is 0 Å². The van der Waals surface area contributed by atoms with Crippen LogP contribution in [0, 0.1) is 0 Å². The van der Waals surface area contributed by atoms with Gasteiger partial charge >= 0.3 is 0 Å². The third-order valence-corrected chi connectivity index (χ3v) is 4.59. The number of fused-ring (bicyclic) bond motifs is 1. The third kappa shape index (κ3) is 2.76. The standard InChI is InChI=1S/C16H24N2O2/c1-19-13-8-12(9-14(10-13)20-2)11-17-15-5-7-18-6-3-4-16(15)18/h8-10,15-17H,3-7,11H2,1-2H3. The highest BCUT2D eigenvalue weighted by atomic mass is 16.5. The van der Waals surface area contributed by atoms with Gasteiger partial charge in [0.1, 0.15) is 11.5 Å². The molecular formula is C16H24N2O2. The molecule has 3 rings (SSSR count). The van der Waals surface area contributed by atoms with Gasteiger partial charge in [0.05, 0.1) is 14.2 Å². The minimum Gasteiger partial charge on any atom is -0.497 e. The molecule has 0 spiro atoms. The second-order valence-corrected chi connectivity index (χ2v) is 5.74. The summed E-state index contributed by atoms with van der Waals surface area (Å²) in [6.07, 6.45) is 3.97. The predicted octanol–water partition coefficient (Wildman–Crippen LogP) is 2.03. The van der Waals surface area contributed by atoms with Crippen molar-refractivity contribution in [1.82, 2.24) is 10.2 Å². The summed E-state index contributed by atoms with van der Waals surface area (Å²) in [4.78, 5) is 2.63. The van der Waals surface area contributed by atoms with Crippen LogP contribution in [0.25, 0.3) is 0 Å². The Kier molecular flexibility index (Phi) is 4.13. The van der Waals surface area contributed by atoms with Crippen molar-refractivity contribution in [3.8, 4) is 11.5 Å². The summed E-state index contributed by atoms with van der Waals surface area (Å²) >= 11 is 0. The van der Waals surface area contributed by atoms with E-state index in [4.69, 9.17) is 9.47 Å². The minimum atomic E-state index is 0.634. The fraction of sp³-hybridized carbons (Fsp3) is 0.625. The van der Waals surface area contributed by atoms with Crippen LogP contribution in [-0.4, -0.2) is 44.3 Å². The maximum Gasteiger partial charge on any atom is 0.122 e. The Balaban J connectivity index is 1.63. The van der Waals surface area contributed by atoms with E-state index < -0.39 is 0 Å². The quantitative estimate of drug-likeness (QED) is 0.892. The molecule has 0 aromatic heterocycles. The van der Waals surface area contributed by atoms with Crippen LogP contribution in [0.2, 0.25) is 0 Å². The lowest BCUT2D eigenvalue weighted by Gasteiger charge is -2.21. The summed E-state index contributed by atoms with van der Waals surface area (Å²) in [7, 11) is 3.39. The van der Waals surface area contributed by atoms with Crippen LogP contribution in [-0.2, 0) is 6.54 Å². The first-order valence-corrected chi connectivity index (χ1v) is 7.49. The fourth-order valence-corrected chi connectivity index (χ4v) is 3.54. The second kappa shape index (κ2) is 6.02. The zero-order valence-corrected chi connectivity index (χ0v) is 12.4. The van der Waals surface area contributed by atoms with E-state index in [2.05, 4.69) is 22.3 Å². The van der Waals surface area contributed by atoms with Crippen molar-refractivity contribution in [2.45, 2.75) is 37.9 Å². The van der Waals surface area contributed by atoms with Crippen LogP contribution in [0.4, 0.5) is 0 Å². The number of rotatable bonds is 5. The third-order valence-electron chi connectivity index (χ3n) is 4.59. The molecule has 2 heterocycles. The Labute approximate surface area is 121 Å². The van der Waals surface area contributed by atoms with Crippen LogP contribution in [0.15, 0.2) is 18.2 Å². The van der Waals surface area contributed by atoms with Crippen LogP contribution in [0.1, 0.15) is 24.8 Å². The summed E-state index contributed by atoms with van der Waals surface area (Å²) in [5.74, 6) is 1.71. The van der Waals surface area contributed by atoms with Gasteiger partial charge in [-0.25, -0.2) is 0 Å². The Hall–Kier alpha value is -1.26. The minimum absolute atomic E-state index is 0.634. The molecule has 0 amide bonds. The Morgan fingerprint density at radius 2 is 1.85 bits per heavy atom. The predicted molar refractivity (Wildman–Crippen MR) is 79.4 cm³/mol. The zero-order valence-electron chi connectivity index (χ0n) is 12.4. The first kappa shape index (κ1) is 13.7. The molecule has 2 fully saturated rings. The molecule has 0 radical (unpaired) electrons.